The van der Waals surface area contributed by atoms with Crippen LogP contribution in [0.15, 0.2) is 18.2 Å². The summed E-state index contributed by atoms with van der Waals surface area (Å²) in [6.07, 6.45) is 1.01. The lowest BCUT2D eigenvalue weighted by Crippen LogP contribution is -2.22. The summed E-state index contributed by atoms with van der Waals surface area (Å²) in [4.78, 5) is 10.4. The van der Waals surface area contributed by atoms with Crippen LogP contribution < -0.4 is 10.1 Å². The fraction of sp³-hybridized carbons (Fsp3) is 0.333. The average Bonchev–Trinajstić information content (AvgIpc) is 2.82. The van der Waals surface area contributed by atoms with Crippen molar-refractivity contribution >= 4 is 11.3 Å². The molecule has 2 aromatic rings. The highest BCUT2D eigenvalue weighted by atomic mass is 32.1. The molecule has 17 heavy (non-hydrogen) atoms. The van der Waals surface area contributed by atoms with Crippen LogP contribution in [0, 0.1) is 0 Å². The number of thiazole rings is 1. The van der Waals surface area contributed by atoms with Gasteiger partial charge in [0.15, 0.2) is 0 Å². The minimum absolute atomic E-state index is 0.633. The summed E-state index contributed by atoms with van der Waals surface area (Å²) in [5.41, 5.74) is 2.11. The Labute approximate surface area is 104 Å². The van der Waals surface area contributed by atoms with Gasteiger partial charge in [-0.1, -0.05) is 6.07 Å². The quantitative estimate of drug-likeness (QED) is 0.880. The minimum atomic E-state index is 0.633. The molecule has 0 saturated heterocycles. The molecule has 0 unspecified atom stereocenters. The summed E-state index contributed by atoms with van der Waals surface area (Å²) in [7, 11) is 1.63. The topological polar surface area (TPSA) is 47.0 Å². The number of ether oxygens (including phenoxy) is 1. The molecule has 0 spiro atoms. The number of nitrogens with one attached hydrogen (secondary N) is 1. The Bertz CT molecular complexity index is 515. The van der Waals surface area contributed by atoms with Gasteiger partial charge in [-0.2, -0.15) is 0 Å². The number of methoxy groups -OCH3 is 1. The van der Waals surface area contributed by atoms with Crippen LogP contribution in [0.2, 0.25) is 0 Å². The van der Waals surface area contributed by atoms with E-state index >= 15 is 0 Å². The third-order valence-corrected chi connectivity index (χ3v) is 3.87. The Morgan fingerprint density at radius 1 is 1.35 bits per heavy atom. The second-order valence-corrected chi connectivity index (χ2v) is 4.96. The van der Waals surface area contributed by atoms with Crippen molar-refractivity contribution in [1.29, 1.82) is 0 Å². The van der Waals surface area contributed by atoms with E-state index in [1.807, 2.05) is 18.2 Å². The van der Waals surface area contributed by atoms with Crippen molar-refractivity contribution in [2.75, 3.05) is 13.7 Å². The number of rotatable bonds is 2. The van der Waals surface area contributed by atoms with Crippen molar-refractivity contribution < 1.29 is 4.74 Å². The Morgan fingerprint density at radius 3 is 3.12 bits per heavy atom. The first-order valence-corrected chi connectivity index (χ1v) is 6.39. The smallest absolute Gasteiger partial charge is 0.213 e. The Hall–Kier alpha value is -1.46. The molecule has 0 fully saturated rings. The van der Waals surface area contributed by atoms with Crippen molar-refractivity contribution in [3.05, 3.63) is 28.8 Å². The van der Waals surface area contributed by atoms with E-state index in [2.05, 4.69) is 15.3 Å². The maximum atomic E-state index is 5.13. The van der Waals surface area contributed by atoms with E-state index in [0.29, 0.717) is 5.88 Å². The number of nitrogens with zero attached hydrogens (tertiary/aromatic N) is 2. The van der Waals surface area contributed by atoms with Gasteiger partial charge in [0, 0.05) is 30.5 Å². The predicted octanol–water partition coefficient (Wildman–Crippen LogP) is 1.86. The number of hydrogen-bond donors (Lipinski definition) is 1. The fourth-order valence-electron chi connectivity index (χ4n) is 1.88. The molecule has 1 aliphatic rings. The predicted molar refractivity (Wildman–Crippen MR) is 67.3 cm³/mol. The maximum absolute atomic E-state index is 5.13. The summed E-state index contributed by atoms with van der Waals surface area (Å²) in [5, 5.41) is 4.34. The van der Waals surface area contributed by atoms with Crippen LogP contribution >= 0.6 is 11.3 Å². The van der Waals surface area contributed by atoms with Gasteiger partial charge < -0.3 is 10.1 Å². The molecule has 0 saturated carbocycles. The summed E-state index contributed by atoms with van der Waals surface area (Å²) in [6, 6.07) is 5.76. The van der Waals surface area contributed by atoms with Gasteiger partial charge in [-0.15, -0.1) is 11.3 Å². The summed E-state index contributed by atoms with van der Waals surface area (Å²) >= 11 is 1.72. The van der Waals surface area contributed by atoms with Gasteiger partial charge in [0.2, 0.25) is 5.88 Å². The molecule has 3 heterocycles. The second kappa shape index (κ2) is 4.43. The molecule has 0 atom stereocenters. The number of fused-ring (bicyclic) bond motifs is 1. The zero-order valence-electron chi connectivity index (χ0n) is 9.56. The largest absolute Gasteiger partial charge is 0.481 e. The highest BCUT2D eigenvalue weighted by Gasteiger charge is 2.16. The van der Waals surface area contributed by atoms with E-state index in [-0.39, 0.29) is 0 Å². The molecular formula is C12H13N3OS. The molecule has 1 aliphatic heterocycles. The normalized spacial score (nSPS) is 14.4. The zero-order chi connectivity index (χ0) is 11.7. The SMILES string of the molecule is COc1cccc(-c2nc3c(s2)CNCC3)n1. The molecular weight excluding hydrogens is 234 g/mol. The summed E-state index contributed by atoms with van der Waals surface area (Å²) in [5.74, 6) is 0.633. The van der Waals surface area contributed by atoms with Crippen molar-refractivity contribution in [3.8, 4) is 16.6 Å². The number of hydrogen-bond acceptors (Lipinski definition) is 5. The van der Waals surface area contributed by atoms with E-state index in [0.717, 1.165) is 30.2 Å². The molecule has 88 valence electrons. The molecule has 0 bridgehead atoms. The monoisotopic (exact) mass is 247 g/mol. The third kappa shape index (κ3) is 2.03. The van der Waals surface area contributed by atoms with Crippen molar-refractivity contribution in [3.63, 3.8) is 0 Å². The van der Waals surface area contributed by atoms with E-state index in [4.69, 9.17) is 4.74 Å². The van der Waals surface area contributed by atoms with Crippen LogP contribution in [0.1, 0.15) is 10.6 Å². The van der Waals surface area contributed by atoms with Crippen LogP contribution in [0.25, 0.3) is 10.7 Å². The average molecular weight is 247 g/mol. The van der Waals surface area contributed by atoms with Crippen LogP contribution in [-0.2, 0) is 13.0 Å². The molecule has 3 rings (SSSR count). The minimum Gasteiger partial charge on any atom is -0.481 e. The summed E-state index contributed by atoms with van der Waals surface area (Å²) < 4.78 is 5.13. The molecule has 0 aliphatic carbocycles. The second-order valence-electron chi connectivity index (χ2n) is 3.88. The van der Waals surface area contributed by atoms with Gasteiger partial charge in [0.1, 0.15) is 10.7 Å². The third-order valence-electron chi connectivity index (χ3n) is 2.75. The first kappa shape index (κ1) is 10.7. The molecule has 4 nitrogen and oxygen atoms in total. The highest BCUT2D eigenvalue weighted by Crippen LogP contribution is 2.29. The molecule has 1 N–H and O–H groups in total. The molecule has 0 aromatic carbocycles. The van der Waals surface area contributed by atoms with Gasteiger partial charge in [-0.25, -0.2) is 9.97 Å². The van der Waals surface area contributed by atoms with E-state index in [9.17, 15) is 0 Å². The lowest BCUT2D eigenvalue weighted by molar-refractivity contribution is 0.398. The Kier molecular flexibility index (Phi) is 2.78. The zero-order valence-corrected chi connectivity index (χ0v) is 10.4. The van der Waals surface area contributed by atoms with E-state index < -0.39 is 0 Å². The molecule has 5 heteroatoms. The van der Waals surface area contributed by atoms with Crippen LogP contribution in [0.3, 0.4) is 0 Å². The van der Waals surface area contributed by atoms with Gasteiger partial charge in [-0.05, 0) is 6.07 Å². The Balaban J connectivity index is 2.00. The lowest BCUT2D eigenvalue weighted by Gasteiger charge is -2.09. The first-order chi connectivity index (χ1) is 8.36. The summed E-state index contributed by atoms with van der Waals surface area (Å²) in [6.45, 7) is 1.94. The van der Waals surface area contributed by atoms with Crippen LogP contribution in [0.4, 0.5) is 0 Å². The number of aromatic nitrogens is 2. The highest BCUT2D eigenvalue weighted by molar-refractivity contribution is 7.15. The van der Waals surface area contributed by atoms with Crippen molar-refractivity contribution in [2.24, 2.45) is 0 Å². The Morgan fingerprint density at radius 2 is 2.29 bits per heavy atom. The van der Waals surface area contributed by atoms with E-state index in [1.54, 1.807) is 18.4 Å². The van der Waals surface area contributed by atoms with Gasteiger partial charge in [0.05, 0.1) is 12.8 Å². The van der Waals surface area contributed by atoms with Gasteiger partial charge in [-0.3, -0.25) is 0 Å². The first-order valence-electron chi connectivity index (χ1n) is 5.57. The van der Waals surface area contributed by atoms with Crippen molar-refractivity contribution in [1.82, 2.24) is 15.3 Å². The standard InChI is InChI=1S/C12H13N3OS/c1-16-11-4-2-3-9(14-11)12-15-8-5-6-13-7-10(8)17-12/h2-4,13H,5-7H2,1H3. The van der Waals surface area contributed by atoms with Crippen LogP contribution in [0.5, 0.6) is 5.88 Å². The molecule has 0 radical (unpaired) electrons. The van der Waals surface area contributed by atoms with Crippen molar-refractivity contribution in [2.45, 2.75) is 13.0 Å². The fourth-order valence-corrected chi connectivity index (χ4v) is 2.93. The lowest BCUT2D eigenvalue weighted by atomic mass is 10.2. The van der Waals surface area contributed by atoms with Crippen LogP contribution in [-0.4, -0.2) is 23.6 Å². The molecule has 0 amide bonds. The van der Waals surface area contributed by atoms with E-state index in [1.165, 1.54) is 10.6 Å². The van der Waals surface area contributed by atoms with Gasteiger partial charge >= 0.3 is 0 Å². The molecule has 2 aromatic heterocycles. The number of pyridine rings is 1. The van der Waals surface area contributed by atoms with Gasteiger partial charge in [0.25, 0.3) is 0 Å². The maximum Gasteiger partial charge on any atom is 0.213 e.